The zero-order valence-electron chi connectivity index (χ0n) is 10.0. The Kier molecular flexibility index (Phi) is 4.28. The number of hydrogen-bond donors (Lipinski definition) is 1. The summed E-state index contributed by atoms with van der Waals surface area (Å²) in [5.74, 6) is -0.179. The Morgan fingerprint density at radius 3 is 1.93 bits per heavy atom. The molecule has 0 bridgehead atoms. The predicted octanol–water partition coefficient (Wildman–Crippen LogP) is 1.78. The summed E-state index contributed by atoms with van der Waals surface area (Å²) in [6.45, 7) is 11.1. The van der Waals surface area contributed by atoms with Gasteiger partial charge in [-0.2, -0.15) is 0 Å². The van der Waals surface area contributed by atoms with Gasteiger partial charge >= 0.3 is 0 Å². The van der Waals surface area contributed by atoms with E-state index in [0.29, 0.717) is 0 Å². The average molecular weight is 202 g/mol. The Labute approximate surface area is 86.5 Å². The van der Waals surface area contributed by atoms with Gasteiger partial charge in [0.15, 0.2) is 5.78 Å². The summed E-state index contributed by atoms with van der Waals surface area (Å²) in [6.07, 6.45) is -1.02. The van der Waals surface area contributed by atoms with E-state index in [-0.39, 0.29) is 18.0 Å². The molecular formula is C11H22O3. The summed E-state index contributed by atoms with van der Waals surface area (Å²) in [5, 5.41) is 9.54. The normalized spacial score (nSPS) is 15.4. The molecule has 0 saturated heterocycles. The van der Waals surface area contributed by atoms with Gasteiger partial charge in [0.25, 0.3) is 0 Å². The second-order valence-corrected chi connectivity index (χ2v) is 5.55. The molecule has 1 N–H and O–H groups in total. The van der Waals surface area contributed by atoms with Gasteiger partial charge in [-0.3, -0.25) is 4.79 Å². The maximum absolute atomic E-state index is 11.6. The number of ketones is 1. The van der Waals surface area contributed by atoms with Crippen LogP contribution in [0.3, 0.4) is 0 Å². The van der Waals surface area contributed by atoms with Gasteiger partial charge in [-0.25, -0.2) is 0 Å². The van der Waals surface area contributed by atoms with Gasteiger partial charge in [-0.15, -0.1) is 0 Å². The van der Waals surface area contributed by atoms with Crippen molar-refractivity contribution in [2.75, 3.05) is 6.61 Å². The minimum atomic E-state index is -1.02. The molecule has 0 amide bonds. The number of rotatable bonds is 3. The van der Waals surface area contributed by atoms with Crippen molar-refractivity contribution < 1.29 is 14.6 Å². The van der Waals surface area contributed by atoms with Crippen molar-refractivity contribution in [1.82, 2.24) is 0 Å². The molecular weight excluding hydrogens is 180 g/mol. The van der Waals surface area contributed by atoms with Crippen LogP contribution in [0.15, 0.2) is 0 Å². The summed E-state index contributed by atoms with van der Waals surface area (Å²) in [4.78, 5) is 11.6. The number of carbonyl (C=O) groups excluding carboxylic acids is 1. The van der Waals surface area contributed by atoms with Crippen molar-refractivity contribution in [3.05, 3.63) is 0 Å². The molecule has 0 saturated carbocycles. The molecule has 0 aliphatic carbocycles. The molecule has 0 radical (unpaired) electrons. The lowest BCUT2D eigenvalue weighted by atomic mass is 9.88. The molecule has 14 heavy (non-hydrogen) atoms. The molecule has 0 aliphatic heterocycles. The molecule has 0 fully saturated rings. The lowest BCUT2D eigenvalue weighted by molar-refractivity contribution is -0.141. The fraction of sp³-hybridized carbons (Fsp3) is 0.909. The monoisotopic (exact) mass is 202 g/mol. The molecule has 3 heteroatoms. The highest BCUT2D eigenvalue weighted by atomic mass is 16.5. The maximum atomic E-state index is 11.6. The largest absolute Gasteiger partial charge is 0.383 e. The van der Waals surface area contributed by atoms with Crippen molar-refractivity contribution in [3.8, 4) is 0 Å². The van der Waals surface area contributed by atoms with Crippen LogP contribution in [0.2, 0.25) is 0 Å². The number of Topliss-reactive ketones (excluding diaryl/α,β-unsaturated/α-hetero) is 1. The van der Waals surface area contributed by atoms with Gasteiger partial charge in [-0.05, 0) is 20.8 Å². The van der Waals surface area contributed by atoms with Crippen LogP contribution in [0.1, 0.15) is 41.5 Å². The molecule has 1 unspecified atom stereocenters. The third-order valence-corrected chi connectivity index (χ3v) is 1.72. The second kappa shape index (κ2) is 4.41. The Balaban J connectivity index is 4.11. The van der Waals surface area contributed by atoms with Crippen molar-refractivity contribution in [1.29, 1.82) is 0 Å². The van der Waals surface area contributed by atoms with E-state index in [2.05, 4.69) is 0 Å². The van der Waals surface area contributed by atoms with Crippen LogP contribution in [0.5, 0.6) is 0 Å². The zero-order chi connectivity index (χ0) is 11.6. The van der Waals surface area contributed by atoms with Crippen LogP contribution in [0, 0.1) is 5.41 Å². The smallest absolute Gasteiger partial charge is 0.168 e. The van der Waals surface area contributed by atoms with Crippen LogP contribution in [0.4, 0.5) is 0 Å². The SMILES string of the molecule is CC(C)(C)OCC(O)C(=O)C(C)(C)C. The van der Waals surface area contributed by atoms with Gasteiger partial charge in [0.2, 0.25) is 0 Å². The van der Waals surface area contributed by atoms with Crippen molar-refractivity contribution in [2.45, 2.75) is 53.2 Å². The number of aliphatic hydroxyl groups is 1. The summed E-state index contributed by atoms with van der Waals surface area (Å²) in [6, 6.07) is 0. The lowest BCUT2D eigenvalue weighted by Gasteiger charge is -2.25. The molecule has 0 spiro atoms. The maximum Gasteiger partial charge on any atom is 0.168 e. The highest BCUT2D eigenvalue weighted by molar-refractivity contribution is 5.87. The number of ether oxygens (including phenoxy) is 1. The first-order chi connectivity index (χ1) is 6.04. The summed E-state index contributed by atoms with van der Waals surface area (Å²) in [5.41, 5.74) is -0.834. The van der Waals surface area contributed by atoms with Crippen molar-refractivity contribution in [3.63, 3.8) is 0 Å². The molecule has 0 rings (SSSR count). The molecule has 0 aromatic heterocycles. The minimum Gasteiger partial charge on any atom is -0.383 e. The lowest BCUT2D eigenvalue weighted by Crippen LogP contribution is -2.37. The molecule has 0 aliphatic rings. The first kappa shape index (κ1) is 13.6. The van der Waals surface area contributed by atoms with Gasteiger partial charge < -0.3 is 9.84 Å². The quantitative estimate of drug-likeness (QED) is 0.758. The molecule has 0 aromatic rings. The van der Waals surface area contributed by atoms with Crippen LogP contribution in [0.25, 0.3) is 0 Å². The van der Waals surface area contributed by atoms with Crippen LogP contribution in [-0.4, -0.2) is 29.2 Å². The molecule has 0 heterocycles. The van der Waals surface area contributed by atoms with Gasteiger partial charge in [-0.1, -0.05) is 20.8 Å². The Morgan fingerprint density at radius 2 is 1.64 bits per heavy atom. The minimum absolute atomic E-state index is 0.0691. The highest BCUT2D eigenvalue weighted by Crippen LogP contribution is 2.18. The third kappa shape index (κ3) is 5.35. The first-order valence-corrected chi connectivity index (χ1v) is 4.90. The second-order valence-electron chi connectivity index (χ2n) is 5.55. The average Bonchev–Trinajstić information content (AvgIpc) is 1.95. The van der Waals surface area contributed by atoms with E-state index < -0.39 is 11.5 Å². The number of aliphatic hydroxyl groups excluding tert-OH is 1. The van der Waals surface area contributed by atoms with E-state index in [1.807, 2.05) is 20.8 Å². The topological polar surface area (TPSA) is 46.5 Å². The Morgan fingerprint density at radius 1 is 1.21 bits per heavy atom. The molecule has 3 nitrogen and oxygen atoms in total. The van der Waals surface area contributed by atoms with E-state index in [1.54, 1.807) is 20.8 Å². The Hall–Kier alpha value is -0.410. The third-order valence-electron chi connectivity index (χ3n) is 1.72. The summed E-state index contributed by atoms with van der Waals surface area (Å²) >= 11 is 0. The standard InChI is InChI=1S/C11H22O3/c1-10(2,3)9(13)8(12)7-14-11(4,5)6/h8,12H,7H2,1-6H3. The highest BCUT2D eigenvalue weighted by Gasteiger charge is 2.29. The van der Waals surface area contributed by atoms with E-state index in [9.17, 15) is 9.90 Å². The van der Waals surface area contributed by atoms with Crippen LogP contribution in [-0.2, 0) is 9.53 Å². The fourth-order valence-corrected chi connectivity index (χ4v) is 0.904. The molecule has 84 valence electrons. The van der Waals surface area contributed by atoms with E-state index in [4.69, 9.17) is 4.74 Å². The predicted molar refractivity (Wildman–Crippen MR) is 56.2 cm³/mol. The summed E-state index contributed by atoms with van der Waals surface area (Å²) in [7, 11) is 0. The van der Waals surface area contributed by atoms with E-state index in [1.165, 1.54) is 0 Å². The zero-order valence-corrected chi connectivity index (χ0v) is 10.0. The number of hydrogen-bond acceptors (Lipinski definition) is 3. The van der Waals surface area contributed by atoms with E-state index >= 15 is 0 Å². The molecule has 0 aromatic carbocycles. The fourth-order valence-electron chi connectivity index (χ4n) is 0.904. The first-order valence-electron chi connectivity index (χ1n) is 4.90. The summed E-state index contributed by atoms with van der Waals surface area (Å²) < 4.78 is 5.34. The van der Waals surface area contributed by atoms with Gasteiger partial charge in [0.1, 0.15) is 6.10 Å². The van der Waals surface area contributed by atoms with Gasteiger partial charge in [0.05, 0.1) is 12.2 Å². The van der Waals surface area contributed by atoms with Crippen molar-refractivity contribution >= 4 is 5.78 Å². The van der Waals surface area contributed by atoms with Crippen LogP contribution < -0.4 is 0 Å². The Bertz CT molecular complexity index is 196. The number of carbonyl (C=O) groups is 1. The molecule has 1 atom stereocenters. The van der Waals surface area contributed by atoms with E-state index in [0.717, 1.165) is 0 Å². The van der Waals surface area contributed by atoms with Crippen LogP contribution >= 0.6 is 0 Å². The van der Waals surface area contributed by atoms with Crippen molar-refractivity contribution in [2.24, 2.45) is 5.41 Å². The van der Waals surface area contributed by atoms with Gasteiger partial charge in [0, 0.05) is 5.41 Å².